The monoisotopic (exact) mass is 306 g/mol. The molecule has 1 atom stereocenters. The second-order valence-electron chi connectivity index (χ2n) is 5.34. The number of hydrogen-bond donors (Lipinski definition) is 2. The molecule has 0 radical (unpaired) electrons. The summed E-state index contributed by atoms with van der Waals surface area (Å²) in [6.07, 6.45) is 2.24. The third-order valence-electron chi connectivity index (χ3n) is 3.32. The number of carbonyl (C=O) groups excluding carboxylic acids is 2. The Bertz CT molecular complexity index is 448. The minimum Gasteiger partial charge on any atom is -0.383 e. The molecule has 1 unspecified atom stereocenters. The normalized spacial score (nSPS) is 11.7. The molecule has 0 saturated carbocycles. The molecular weight excluding hydrogens is 280 g/mol. The van der Waals surface area contributed by atoms with Crippen molar-refractivity contribution in [2.24, 2.45) is 0 Å². The van der Waals surface area contributed by atoms with Crippen LogP contribution in [0.2, 0.25) is 0 Å². The first-order chi connectivity index (χ1) is 10.6. The molecular formula is C17H26N2O3. The summed E-state index contributed by atoms with van der Waals surface area (Å²) >= 11 is 0. The molecule has 1 aromatic carbocycles. The van der Waals surface area contributed by atoms with E-state index in [9.17, 15) is 9.59 Å². The van der Waals surface area contributed by atoms with Gasteiger partial charge in [0.05, 0.1) is 6.61 Å². The van der Waals surface area contributed by atoms with Gasteiger partial charge in [-0.05, 0) is 25.3 Å². The summed E-state index contributed by atoms with van der Waals surface area (Å²) in [5.41, 5.74) is 1.26. The summed E-state index contributed by atoms with van der Waals surface area (Å²) in [6.45, 7) is 2.94. The summed E-state index contributed by atoms with van der Waals surface area (Å²) in [5.74, 6) is -0.202. The maximum absolute atomic E-state index is 11.8. The van der Waals surface area contributed by atoms with Crippen LogP contribution in [0.4, 0.5) is 0 Å². The number of methoxy groups -OCH3 is 1. The van der Waals surface area contributed by atoms with Gasteiger partial charge in [0.25, 0.3) is 0 Å². The van der Waals surface area contributed by atoms with E-state index in [1.54, 1.807) is 7.11 Å². The van der Waals surface area contributed by atoms with E-state index in [-0.39, 0.29) is 30.7 Å². The largest absolute Gasteiger partial charge is 0.383 e. The number of benzene rings is 1. The molecule has 2 amide bonds. The van der Waals surface area contributed by atoms with Crippen LogP contribution in [0.3, 0.4) is 0 Å². The van der Waals surface area contributed by atoms with Crippen molar-refractivity contribution in [3.63, 3.8) is 0 Å². The van der Waals surface area contributed by atoms with Crippen molar-refractivity contribution in [3.05, 3.63) is 35.9 Å². The lowest BCUT2D eigenvalue weighted by Gasteiger charge is -2.14. The first kappa shape index (κ1) is 18.2. The molecule has 5 heteroatoms. The number of ether oxygens (including phenoxy) is 1. The molecule has 0 aromatic heterocycles. The van der Waals surface area contributed by atoms with Crippen LogP contribution in [0.5, 0.6) is 0 Å². The van der Waals surface area contributed by atoms with Crippen LogP contribution in [0.25, 0.3) is 0 Å². The van der Waals surface area contributed by atoms with Crippen molar-refractivity contribution >= 4 is 11.8 Å². The summed E-state index contributed by atoms with van der Waals surface area (Å²) in [7, 11) is 1.58. The Hall–Kier alpha value is -1.88. The molecule has 122 valence electrons. The van der Waals surface area contributed by atoms with Gasteiger partial charge >= 0.3 is 0 Å². The highest BCUT2D eigenvalue weighted by Crippen LogP contribution is 2.05. The zero-order valence-electron chi connectivity index (χ0n) is 13.4. The highest BCUT2D eigenvalue weighted by Gasteiger charge is 2.10. The lowest BCUT2D eigenvalue weighted by molar-refractivity contribution is -0.126. The van der Waals surface area contributed by atoms with Gasteiger partial charge in [0.1, 0.15) is 0 Å². The molecule has 2 N–H and O–H groups in total. The predicted octanol–water partition coefficient (Wildman–Crippen LogP) is 1.67. The van der Waals surface area contributed by atoms with Gasteiger partial charge in [-0.25, -0.2) is 0 Å². The van der Waals surface area contributed by atoms with E-state index in [1.807, 2.05) is 25.1 Å². The van der Waals surface area contributed by atoms with E-state index in [2.05, 4.69) is 22.8 Å². The second-order valence-corrected chi connectivity index (χ2v) is 5.34. The van der Waals surface area contributed by atoms with Gasteiger partial charge in [0.15, 0.2) is 0 Å². The van der Waals surface area contributed by atoms with Gasteiger partial charge in [0.2, 0.25) is 11.8 Å². The second kappa shape index (κ2) is 10.8. The zero-order valence-corrected chi connectivity index (χ0v) is 13.4. The van der Waals surface area contributed by atoms with E-state index < -0.39 is 0 Å². The quantitative estimate of drug-likeness (QED) is 0.646. The Morgan fingerprint density at radius 3 is 2.50 bits per heavy atom. The first-order valence-corrected chi connectivity index (χ1v) is 7.70. The molecule has 0 aliphatic carbocycles. The lowest BCUT2D eigenvalue weighted by atomic mass is 10.1. The summed E-state index contributed by atoms with van der Waals surface area (Å²) in [4.78, 5) is 23.3. The molecule has 0 spiro atoms. The molecule has 0 heterocycles. The highest BCUT2D eigenvalue weighted by atomic mass is 16.5. The maximum Gasteiger partial charge on any atom is 0.220 e. The Balaban J connectivity index is 2.14. The van der Waals surface area contributed by atoms with E-state index >= 15 is 0 Å². The average molecular weight is 306 g/mol. The Kier molecular flexibility index (Phi) is 8.91. The molecule has 0 fully saturated rings. The number of rotatable bonds is 10. The number of hydrogen-bond acceptors (Lipinski definition) is 3. The molecule has 0 aliphatic rings. The summed E-state index contributed by atoms with van der Waals surface area (Å²) < 4.78 is 4.84. The van der Waals surface area contributed by atoms with Gasteiger partial charge in [-0.1, -0.05) is 30.3 Å². The van der Waals surface area contributed by atoms with Crippen LogP contribution in [0.1, 0.15) is 31.7 Å². The van der Waals surface area contributed by atoms with Crippen LogP contribution < -0.4 is 10.6 Å². The first-order valence-electron chi connectivity index (χ1n) is 7.70. The summed E-state index contributed by atoms with van der Waals surface area (Å²) in [5, 5.41) is 5.62. The topological polar surface area (TPSA) is 67.4 Å². The molecule has 22 heavy (non-hydrogen) atoms. The van der Waals surface area contributed by atoms with E-state index in [4.69, 9.17) is 4.74 Å². The highest BCUT2D eigenvalue weighted by molar-refractivity contribution is 5.83. The molecule has 0 saturated heterocycles. The smallest absolute Gasteiger partial charge is 0.220 e. The maximum atomic E-state index is 11.8. The minimum atomic E-state index is -0.121. The number of carbonyl (C=O) groups is 2. The SMILES string of the molecule is COCCNC(=O)CCC(=O)NC(C)CCc1ccccc1. The molecule has 1 aromatic rings. The molecule has 1 rings (SSSR count). The van der Waals surface area contributed by atoms with E-state index in [0.717, 1.165) is 12.8 Å². The Labute approximate surface area is 132 Å². The third-order valence-corrected chi connectivity index (χ3v) is 3.32. The van der Waals surface area contributed by atoms with Crippen LogP contribution in [0, 0.1) is 0 Å². The standard InChI is InChI=1S/C17H26N2O3/c1-14(8-9-15-6-4-3-5-7-15)19-17(21)11-10-16(20)18-12-13-22-2/h3-7,14H,8-13H2,1-2H3,(H,18,20)(H,19,21). The van der Waals surface area contributed by atoms with Gasteiger partial charge < -0.3 is 15.4 Å². The fourth-order valence-electron chi connectivity index (χ4n) is 2.05. The third kappa shape index (κ3) is 8.42. The zero-order chi connectivity index (χ0) is 16.2. The van der Waals surface area contributed by atoms with Crippen molar-refractivity contribution in [3.8, 4) is 0 Å². The Morgan fingerprint density at radius 1 is 1.14 bits per heavy atom. The fraction of sp³-hybridized carbons (Fsp3) is 0.529. The molecule has 0 bridgehead atoms. The van der Waals surface area contributed by atoms with Gasteiger partial charge in [-0.3, -0.25) is 9.59 Å². The van der Waals surface area contributed by atoms with E-state index in [0.29, 0.717) is 13.2 Å². The number of nitrogens with one attached hydrogen (secondary N) is 2. The van der Waals surface area contributed by atoms with Crippen molar-refractivity contribution < 1.29 is 14.3 Å². The number of amides is 2. The van der Waals surface area contributed by atoms with Crippen LogP contribution >= 0.6 is 0 Å². The van der Waals surface area contributed by atoms with Crippen molar-refractivity contribution in [1.82, 2.24) is 10.6 Å². The Morgan fingerprint density at radius 2 is 1.82 bits per heavy atom. The van der Waals surface area contributed by atoms with Crippen LogP contribution in [-0.4, -0.2) is 38.1 Å². The average Bonchev–Trinajstić information content (AvgIpc) is 2.52. The van der Waals surface area contributed by atoms with Crippen molar-refractivity contribution in [2.45, 2.75) is 38.6 Å². The van der Waals surface area contributed by atoms with E-state index in [1.165, 1.54) is 5.56 Å². The minimum absolute atomic E-state index is 0.0811. The molecule has 5 nitrogen and oxygen atoms in total. The summed E-state index contributed by atoms with van der Waals surface area (Å²) in [6, 6.07) is 10.3. The molecule has 0 aliphatic heterocycles. The van der Waals surface area contributed by atoms with Crippen molar-refractivity contribution in [1.29, 1.82) is 0 Å². The van der Waals surface area contributed by atoms with Gasteiger partial charge in [0, 0.05) is 32.5 Å². The van der Waals surface area contributed by atoms with Crippen molar-refractivity contribution in [2.75, 3.05) is 20.3 Å². The fourth-order valence-corrected chi connectivity index (χ4v) is 2.05. The van der Waals surface area contributed by atoms with Gasteiger partial charge in [-0.2, -0.15) is 0 Å². The van der Waals surface area contributed by atoms with Crippen LogP contribution in [-0.2, 0) is 20.7 Å². The number of aryl methyl sites for hydroxylation is 1. The lowest BCUT2D eigenvalue weighted by Crippen LogP contribution is -2.34. The van der Waals surface area contributed by atoms with Gasteiger partial charge in [-0.15, -0.1) is 0 Å². The predicted molar refractivity (Wildman–Crippen MR) is 86.5 cm³/mol. The van der Waals surface area contributed by atoms with Crippen LogP contribution in [0.15, 0.2) is 30.3 Å².